The number of halogens is 3. The second-order valence-electron chi connectivity index (χ2n) is 5.93. The van der Waals surface area contributed by atoms with Crippen molar-refractivity contribution in [2.45, 2.75) is 32.9 Å². The molecule has 20 heavy (non-hydrogen) atoms. The Labute approximate surface area is 116 Å². The summed E-state index contributed by atoms with van der Waals surface area (Å²) < 4.78 is 38.7. The van der Waals surface area contributed by atoms with Crippen molar-refractivity contribution in [1.29, 1.82) is 0 Å². The quantitative estimate of drug-likeness (QED) is 0.649. The number of nitrogens with two attached hydrogens (primary N) is 1. The van der Waals surface area contributed by atoms with Crippen molar-refractivity contribution < 1.29 is 13.2 Å². The van der Waals surface area contributed by atoms with E-state index in [9.17, 15) is 13.2 Å². The van der Waals surface area contributed by atoms with Gasteiger partial charge in [-0.3, -0.25) is 0 Å². The molecule has 4 nitrogen and oxygen atoms in total. The number of nitrogen functional groups attached to an aromatic ring is 1. The molecule has 1 aromatic rings. The number of anilines is 2. The van der Waals surface area contributed by atoms with Crippen molar-refractivity contribution in [3.63, 3.8) is 0 Å². The minimum absolute atomic E-state index is 0.0261. The zero-order chi connectivity index (χ0) is 15.0. The van der Waals surface area contributed by atoms with Crippen LogP contribution in [-0.2, 0) is 6.18 Å². The summed E-state index contributed by atoms with van der Waals surface area (Å²) in [6.07, 6.45) is -2.41. The Morgan fingerprint density at radius 2 is 2.05 bits per heavy atom. The van der Waals surface area contributed by atoms with E-state index in [1.165, 1.54) is 0 Å². The van der Waals surface area contributed by atoms with Gasteiger partial charge in [-0.05, 0) is 30.4 Å². The summed E-state index contributed by atoms with van der Waals surface area (Å²) in [5.41, 5.74) is 1.54. The van der Waals surface area contributed by atoms with E-state index in [2.05, 4.69) is 24.3 Å². The molecule has 1 fully saturated rings. The molecule has 1 aromatic heterocycles. The Hall–Kier alpha value is -1.50. The van der Waals surface area contributed by atoms with Gasteiger partial charge >= 0.3 is 6.18 Å². The lowest BCUT2D eigenvalue weighted by Gasteiger charge is -2.39. The van der Waals surface area contributed by atoms with Crippen LogP contribution in [0.1, 0.15) is 32.3 Å². The Balaban J connectivity index is 2.36. The van der Waals surface area contributed by atoms with E-state index >= 15 is 0 Å². The van der Waals surface area contributed by atoms with Crippen LogP contribution < -0.4 is 16.2 Å². The predicted octanol–water partition coefficient (Wildman–Crippen LogP) is 3.01. The summed E-state index contributed by atoms with van der Waals surface area (Å²) in [6, 6.07) is 2.00. The number of aromatic nitrogens is 1. The number of rotatable bonds is 2. The third-order valence-electron chi connectivity index (χ3n) is 3.51. The maximum Gasteiger partial charge on any atom is 0.416 e. The summed E-state index contributed by atoms with van der Waals surface area (Å²) >= 11 is 0. The van der Waals surface area contributed by atoms with Crippen LogP contribution in [0.4, 0.5) is 24.8 Å². The van der Waals surface area contributed by atoms with Gasteiger partial charge in [0.15, 0.2) is 0 Å². The zero-order valence-electron chi connectivity index (χ0n) is 11.6. The van der Waals surface area contributed by atoms with E-state index in [1.54, 1.807) is 0 Å². The fourth-order valence-corrected chi connectivity index (χ4v) is 2.53. The SMILES string of the molecule is CC1(C)CCCN(c2cc(C(F)(F)F)cc(NN)n2)C1. The summed E-state index contributed by atoms with van der Waals surface area (Å²) in [5, 5.41) is 0. The fourth-order valence-electron chi connectivity index (χ4n) is 2.53. The topological polar surface area (TPSA) is 54.2 Å². The molecule has 0 aliphatic carbocycles. The summed E-state index contributed by atoms with van der Waals surface area (Å²) in [6.45, 7) is 5.61. The first kappa shape index (κ1) is 14.9. The standard InChI is InChI=1S/C13H19F3N4/c1-12(2)4-3-5-20(8-12)11-7-9(13(14,15)16)6-10(18-11)19-17/h6-7H,3-5,8,17H2,1-2H3,(H,18,19). The molecule has 7 heteroatoms. The minimum atomic E-state index is -4.41. The maximum absolute atomic E-state index is 12.9. The molecule has 0 saturated carbocycles. The van der Waals surface area contributed by atoms with Crippen LogP contribution >= 0.6 is 0 Å². The highest BCUT2D eigenvalue weighted by molar-refractivity contribution is 5.51. The van der Waals surface area contributed by atoms with Gasteiger partial charge in [0.05, 0.1) is 5.56 Å². The largest absolute Gasteiger partial charge is 0.416 e. The first-order valence-corrected chi connectivity index (χ1v) is 6.52. The van der Waals surface area contributed by atoms with E-state index in [1.807, 2.05) is 4.90 Å². The molecular weight excluding hydrogens is 269 g/mol. The van der Waals surface area contributed by atoms with Crippen LogP contribution in [0, 0.1) is 5.41 Å². The van der Waals surface area contributed by atoms with Gasteiger partial charge in [0, 0.05) is 13.1 Å². The summed E-state index contributed by atoms with van der Waals surface area (Å²) in [7, 11) is 0. The number of nitrogens with zero attached hydrogens (tertiary/aromatic N) is 2. The van der Waals surface area contributed by atoms with E-state index in [4.69, 9.17) is 5.84 Å². The van der Waals surface area contributed by atoms with Gasteiger partial charge in [0.2, 0.25) is 0 Å². The van der Waals surface area contributed by atoms with Crippen LogP contribution in [0.25, 0.3) is 0 Å². The van der Waals surface area contributed by atoms with Gasteiger partial charge in [-0.25, -0.2) is 10.8 Å². The maximum atomic E-state index is 12.9. The molecule has 3 N–H and O–H groups in total. The van der Waals surface area contributed by atoms with E-state index in [0.717, 1.165) is 25.0 Å². The predicted molar refractivity (Wildman–Crippen MR) is 72.3 cm³/mol. The van der Waals surface area contributed by atoms with Gasteiger partial charge in [0.1, 0.15) is 11.6 Å². The summed E-state index contributed by atoms with van der Waals surface area (Å²) in [5.74, 6) is 5.56. The molecule has 2 heterocycles. The Kier molecular flexibility index (Phi) is 3.82. The number of piperidine rings is 1. The lowest BCUT2D eigenvalue weighted by molar-refractivity contribution is -0.137. The molecule has 1 saturated heterocycles. The van der Waals surface area contributed by atoms with E-state index < -0.39 is 11.7 Å². The average molecular weight is 288 g/mol. The monoisotopic (exact) mass is 288 g/mol. The van der Waals surface area contributed by atoms with Crippen molar-refractivity contribution in [2.75, 3.05) is 23.4 Å². The first-order valence-electron chi connectivity index (χ1n) is 6.52. The second-order valence-corrected chi connectivity index (χ2v) is 5.93. The minimum Gasteiger partial charge on any atom is -0.356 e. The Morgan fingerprint density at radius 1 is 1.35 bits per heavy atom. The smallest absolute Gasteiger partial charge is 0.356 e. The van der Waals surface area contributed by atoms with Gasteiger partial charge < -0.3 is 10.3 Å². The van der Waals surface area contributed by atoms with Crippen LogP contribution in [0.2, 0.25) is 0 Å². The highest BCUT2D eigenvalue weighted by Gasteiger charge is 2.33. The first-order chi connectivity index (χ1) is 9.21. The van der Waals surface area contributed by atoms with Crippen molar-refractivity contribution in [3.05, 3.63) is 17.7 Å². The number of nitrogens with one attached hydrogen (secondary N) is 1. The van der Waals surface area contributed by atoms with E-state index in [0.29, 0.717) is 18.9 Å². The van der Waals surface area contributed by atoms with Crippen molar-refractivity contribution in [2.24, 2.45) is 11.3 Å². The van der Waals surface area contributed by atoms with Gasteiger partial charge in [0.25, 0.3) is 0 Å². The van der Waals surface area contributed by atoms with Crippen LogP contribution in [0.3, 0.4) is 0 Å². The molecule has 112 valence electrons. The molecule has 0 atom stereocenters. The molecule has 1 aliphatic rings. The number of hydrazine groups is 1. The fraction of sp³-hybridized carbons (Fsp3) is 0.615. The van der Waals surface area contributed by atoms with Crippen molar-refractivity contribution in [1.82, 2.24) is 4.98 Å². The summed E-state index contributed by atoms with van der Waals surface area (Å²) in [4.78, 5) is 6.03. The van der Waals surface area contributed by atoms with Crippen LogP contribution in [0.5, 0.6) is 0 Å². The molecule has 0 unspecified atom stereocenters. The second kappa shape index (κ2) is 5.12. The molecule has 2 rings (SSSR count). The number of alkyl halides is 3. The lowest BCUT2D eigenvalue weighted by atomic mass is 9.84. The molecular formula is C13H19F3N4. The Bertz CT molecular complexity index is 485. The molecule has 0 aromatic carbocycles. The van der Waals surface area contributed by atoms with Crippen molar-refractivity contribution in [3.8, 4) is 0 Å². The Morgan fingerprint density at radius 3 is 2.60 bits per heavy atom. The molecule has 1 aliphatic heterocycles. The number of hydrogen-bond donors (Lipinski definition) is 2. The van der Waals surface area contributed by atoms with E-state index in [-0.39, 0.29) is 11.2 Å². The molecule has 0 amide bonds. The molecule has 0 radical (unpaired) electrons. The third kappa shape index (κ3) is 3.33. The van der Waals surface area contributed by atoms with Crippen LogP contribution in [0.15, 0.2) is 12.1 Å². The van der Waals surface area contributed by atoms with Gasteiger partial charge in [-0.2, -0.15) is 13.2 Å². The molecule has 0 spiro atoms. The van der Waals surface area contributed by atoms with Crippen LogP contribution in [-0.4, -0.2) is 18.1 Å². The number of pyridine rings is 1. The van der Waals surface area contributed by atoms with Crippen molar-refractivity contribution >= 4 is 11.6 Å². The molecule has 0 bridgehead atoms. The lowest BCUT2D eigenvalue weighted by Crippen LogP contribution is -2.40. The normalized spacial score (nSPS) is 19.0. The number of hydrogen-bond acceptors (Lipinski definition) is 4. The average Bonchev–Trinajstić information content (AvgIpc) is 2.36. The highest BCUT2D eigenvalue weighted by atomic mass is 19.4. The zero-order valence-corrected chi connectivity index (χ0v) is 11.6. The third-order valence-corrected chi connectivity index (χ3v) is 3.51. The highest BCUT2D eigenvalue weighted by Crippen LogP contribution is 2.35. The van der Waals surface area contributed by atoms with Gasteiger partial charge in [-0.15, -0.1) is 0 Å². The van der Waals surface area contributed by atoms with Gasteiger partial charge in [-0.1, -0.05) is 13.8 Å².